The van der Waals surface area contributed by atoms with E-state index in [0.717, 1.165) is 141 Å². The summed E-state index contributed by atoms with van der Waals surface area (Å²) in [6, 6.07) is 0. The zero-order valence-corrected chi connectivity index (χ0v) is 51.3. The van der Waals surface area contributed by atoms with Crippen LogP contribution in [-0.4, -0.2) is 37.2 Å². The molecule has 0 aromatic rings. The Balaban J connectivity index is 4.07. The highest BCUT2D eigenvalue weighted by atomic mass is 16.6. The number of esters is 3. The van der Waals surface area contributed by atoms with Crippen molar-refractivity contribution in [3.05, 3.63) is 134 Å². The average molecular weight is 1090 g/mol. The molecular weight excluding hydrogens is 973 g/mol. The third kappa shape index (κ3) is 64.3. The second-order valence-corrected chi connectivity index (χ2v) is 21.3. The molecule has 0 bridgehead atoms. The third-order valence-corrected chi connectivity index (χ3v) is 13.7. The van der Waals surface area contributed by atoms with Gasteiger partial charge < -0.3 is 14.2 Å². The number of carbonyl (C=O) groups is 3. The first-order valence-electron chi connectivity index (χ1n) is 32.7. The predicted octanol–water partition coefficient (Wildman–Crippen LogP) is 22.5. The van der Waals surface area contributed by atoms with Crippen molar-refractivity contribution in [1.29, 1.82) is 0 Å². The molecule has 0 N–H and O–H groups in total. The third-order valence-electron chi connectivity index (χ3n) is 13.7. The number of hydrogen-bond acceptors (Lipinski definition) is 6. The minimum Gasteiger partial charge on any atom is -0.462 e. The fourth-order valence-corrected chi connectivity index (χ4v) is 8.83. The van der Waals surface area contributed by atoms with Gasteiger partial charge in [-0.05, 0) is 116 Å². The van der Waals surface area contributed by atoms with Crippen LogP contribution < -0.4 is 0 Å². The molecule has 0 aliphatic heterocycles. The Morgan fingerprint density at radius 3 is 0.772 bits per heavy atom. The Hall–Kier alpha value is -4.45. The molecule has 0 spiro atoms. The summed E-state index contributed by atoms with van der Waals surface area (Å²) in [5.74, 6) is -0.905. The fraction of sp³-hybridized carbons (Fsp3) is 0.658. The molecule has 6 heteroatoms. The van der Waals surface area contributed by atoms with E-state index in [1.165, 1.54) is 109 Å². The van der Waals surface area contributed by atoms with Crippen molar-refractivity contribution in [3.8, 4) is 0 Å². The van der Waals surface area contributed by atoms with E-state index in [1.807, 2.05) is 0 Å². The van der Waals surface area contributed by atoms with Crippen molar-refractivity contribution in [1.82, 2.24) is 0 Å². The summed E-state index contributed by atoms with van der Waals surface area (Å²) in [6.45, 7) is 6.33. The largest absolute Gasteiger partial charge is 0.462 e. The van der Waals surface area contributed by atoms with Crippen molar-refractivity contribution in [2.45, 2.75) is 297 Å². The number of allylic oxidation sites excluding steroid dienone is 22. The van der Waals surface area contributed by atoms with Crippen LogP contribution in [0.4, 0.5) is 0 Å². The number of carbonyl (C=O) groups excluding carboxylic acids is 3. The Morgan fingerprint density at radius 2 is 0.494 bits per heavy atom. The Labute approximate surface area is 487 Å². The zero-order chi connectivity index (χ0) is 57.1. The van der Waals surface area contributed by atoms with Crippen LogP contribution in [0.1, 0.15) is 290 Å². The molecule has 0 heterocycles. The van der Waals surface area contributed by atoms with Gasteiger partial charge in [0.25, 0.3) is 0 Å². The molecule has 0 saturated heterocycles. The van der Waals surface area contributed by atoms with Crippen molar-refractivity contribution >= 4 is 17.9 Å². The van der Waals surface area contributed by atoms with Crippen molar-refractivity contribution in [3.63, 3.8) is 0 Å². The molecular formula is C73H120O6. The molecule has 1 atom stereocenters. The van der Waals surface area contributed by atoms with E-state index in [0.29, 0.717) is 19.3 Å². The van der Waals surface area contributed by atoms with Crippen LogP contribution in [0.3, 0.4) is 0 Å². The molecule has 448 valence electrons. The van der Waals surface area contributed by atoms with E-state index in [4.69, 9.17) is 14.2 Å². The maximum Gasteiger partial charge on any atom is 0.306 e. The van der Waals surface area contributed by atoms with Gasteiger partial charge in [-0.1, -0.05) is 289 Å². The maximum atomic E-state index is 12.8. The van der Waals surface area contributed by atoms with E-state index in [9.17, 15) is 14.4 Å². The van der Waals surface area contributed by atoms with Crippen LogP contribution in [0.15, 0.2) is 134 Å². The lowest BCUT2D eigenvalue weighted by atomic mass is 10.0. The van der Waals surface area contributed by atoms with Crippen LogP contribution in [0.25, 0.3) is 0 Å². The molecule has 0 saturated carbocycles. The van der Waals surface area contributed by atoms with Gasteiger partial charge in [0, 0.05) is 19.3 Å². The maximum absolute atomic E-state index is 12.8. The van der Waals surface area contributed by atoms with Gasteiger partial charge in [-0.25, -0.2) is 0 Å². The molecule has 79 heavy (non-hydrogen) atoms. The van der Waals surface area contributed by atoms with Gasteiger partial charge in [-0.15, -0.1) is 0 Å². The highest BCUT2D eigenvalue weighted by molar-refractivity contribution is 5.71. The second kappa shape index (κ2) is 66.1. The minimum atomic E-state index is -0.784. The average Bonchev–Trinajstić information content (AvgIpc) is 3.45. The Morgan fingerprint density at radius 1 is 0.266 bits per heavy atom. The molecule has 0 aromatic carbocycles. The smallest absolute Gasteiger partial charge is 0.306 e. The van der Waals surface area contributed by atoms with Crippen LogP contribution >= 0.6 is 0 Å². The number of hydrogen-bond donors (Lipinski definition) is 0. The quantitative estimate of drug-likeness (QED) is 0.0261. The highest BCUT2D eigenvalue weighted by Crippen LogP contribution is 2.16. The summed E-state index contributed by atoms with van der Waals surface area (Å²) in [4.78, 5) is 38.0. The molecule has 0 aliphatic rings. The summed E-state index contributed by atoms with van der Waals surface area (Å²) in [5.41, 5.74) is 0. The second-order valence-electron chi connectivity index (χ2n) is 21.3. The highest BCUT2D eigenvalue weighted by Gasteiger charge is 2.19. The van der Waals surface area contributed by atoms with Crippen LogP contribution in [0.5, 0.6) is 0 Å². The SMILES string of the molecule is CC/C=C\C/C=C\C/C=C\C/C=C\C/C=C\C/C=C\CCCCCCCCCCC(=O)OC(COC(=O)CCCCCCC)COC(=O)CCCCCCCCCCCCCCC/C=C\C/C=C\C/C=C\C/C=C\C/C=C\CC. The van der Waals surface area contributed by atoms with Crippen LogP contribution in [0.2, 0.25) is 0 Å². The molecule has 0 aromatic heterocycles. The van der Waals surface area contributed by atoms with Gasteiger partial charge in [0.1, 0.15) is 13.2 Å². The monoisotopic (exact) mass is 1090 g/mol. The summed E-state index contributed by atoms with van der Waals surface area (Å²) in [7, 11) is 0. The minimum absolute atomic E-state index is 0.0838. The topological polar surface area (TPSA) is 78.9 Å². The summed E-state index contributed by atoms with van der Waals surface area (Å²) in [6.07, 6.45) is 93.7. The van der Waals surface area contributed by atoms with Gasteiger partial charge in [-0.2, -0.15) is 0 Å². The van der Waals surface area contributed by atoms with Gasteiger partial charge in [0.05, 0.1) is 0 Å². The van der Waals surface area contributed by atoms with Gasteiger partial charge >= 0.3 is 17.9 Å². The van der Waals surface area contributed by atoms with Gasteiger partial charge in [-0.3, -0.25) is 14.4 Å². The van der Waals surface area contributed by atoms with Crippen molar-refractivity contribution in [2.75, 3.05) is 13.2 Å². The first-order chi connectivity index (χ1) is 39.0. The van der Waals surface area contributed by atoms with E-state index in [1.54, 1.807) is 0 Å². The van der Waals surface area contributed by atoms with E-state index in [-0.39, 0.29) is 31.1 Å². The lowest BCUT2D eigenvalue weighted by Gasteiger charge is -2.18. The molecule has 0 aliphatic carbocycles. The molecule has 6 nitrogen and oxygen atoms in total. The Bertz CT molecular complexity index is 1680. The van der Waals surface area contributed by atoms with Crippen molar-refractivity contribution < 1.29 is 28.6 Å². The molecule has 1 unspecified atom stereocenters. The number of ether oxygens (including phenoxy) is 3. The van der Waals surface area contributed by atoms with Gasteiger partial charge in [0.15, 0.2) is 6.10 Å². The van der Waals surface area contributed by atoms with Crippen LogP contribution in [-0.2, 0) is 28.6 Å². The van der Waals surface area contributed by atoms with E-state index in [2.05, 4.69) is 154 Å². The van der Waals surface area contributed by atoms with E-state index < -0.39 is 6.10 Å². The van der Waals surface area contributed by atoms with E-state index >= 15 is 0 Å². The first-order valence-corrected chi connectivity index (χ1v) is 32.7. The van der Waals surface area contributed by atoms with Crippen LogP contribution in [0, 0.1) is 0 Å². The first kappa shape index (κ1) is 74.5. The zero-order valence-electron chi connectivity index (χ0n) is 51.3. The number of rotatable bonds is 58. The summed E-state index contributed by atoms with van der Waals surface area (Å²) >= 11 is 0. The predicted molar refractivity (Wildman–Crippen MR) is 343 cm³/mol. The summed E-state index contributed by atoms with van der Waals surface area (Å²) in [5, 5.41) is 0. The lowest BCUT2D eigenvalue weighted by Crippen LogP contribution is -2.30. The Kier molecular flexibility index (Phi) is 62.3. The van der Waals surface area contributed by atoms with Crippen molar-refractivity contribution in [2.24, 2.45) is 0 Å². The molecule has 0 rings (SSSR count). The lowest BCUT2D eigenvalue weighted by molar-refractivity contribution is -0.167. The molecule has 0 amide bonds. The molecule has 0 fully saturated rings. The van der Waals surface area contributed by atoms with Gasteiger partial charge in [0.2, 0.25) is 0 Å². The standard InChI is InChI=1S/C73H120O6/c1-4-7-10-13-15-17-19-21-23-25-27-29-31-33-35-36-38-39-41-43-45-47-49-51-53-55-57-60-63-66-72(75)78-69-70(68-77-71(74)65-62-59-12-9-6-3)79-73(76)67-64-61-58-56-54-52-50-48-46-44-42-40-37-34-32-30-28-26-24-22-20-18-16-14-11-8-5-2/h7-8,10-11,15-18,21-24,27-30,33-35,37,42,44,70H,4-6,9,12-14,19-20,25-26,31-32,36,38-41,43,45-69H2,1-3H3/b10-7-,11-8-,17-15-,18-16-,23-21-,24-22-,29-27-,30-28-,35-33-,37-34-,44-42-. The fourth-order valence-electron chi connectivity index (χ4n) is 8.83. The number of unbranched alkanes of at least 4 members (excludes halogenated alkanes) is 25. The molecule has 0 radical (unpaired) electrons. The normalized spacial score (nSPS) is 13.0. The summed E-state index contributed by atoms with van der Waals surface area (Å²) < 4.78 is 16.8.